The molecule has 0 fully saturated rings. The Kier molecular flexibility index (Phi) is 7.29. The first-order valence-electron chi connectivity index (χ1n) is 8.09. The van der Waals surface area contributed by atoms with Crippen molar-refractivity contribution in [3.63, 3.8) is 0 Å². The van der Waals surface area contributed by atoms with Gasteiger partial charge in [0.1, 0.15) is 0 Å². The number of benzene rings is 2. The lowest BCUT2D eigenvalue weighted by molar-refractivity contribution is 0.0932. The lowest BCUT2D eigenvalue weighted by Gasteiger charge is -2.17. The smallest absolute Gasteiger partial charge is 0.251 e. The van der Waals surface area contributed by atoms with Gasteiger partial charge in [0.05, 0.1) is 0 Å². The van der Waals surface area contributed by atoms with Crippen LogP contribution in [0.3, 0.4) is 0 Å². The van der Waals surface area contributed by atoms with Crippen LogP contribution in [-0.2, 0) is 0 Å². The van der Waals surface area contributed by atoms with Gasteiger partial charge in [-0.2, -0.15) is 0 Å². The molecule has 0 aliphatic heterocycles. The molecule has 0 bridgehead atoms. The van der Waals surface area contributed by atoms with E-state index < -0.39 is 0 Å². The molecule has 1 atom stereocenters. The Morgan fingerprint density at radius 1 is 0.880 bits per heavy atom. The van der Waals surface area contributed by atoms with Crippen LogP contribution in [-0.4, -0.2) is 24.4 Å². The molecule has 0 unspecified atom stereocenters. The van der Waals surface area contributed by atoms with Gasteiger partial charge in [-0.05, 0) is 61.4 Å². The fourth-order valence-electron chi connectivity index (χ4n) is 2.31. The number of hydrogen-bond donors (Lipinski definition) is 2. The minimum Gasteiger partial charge on any atom is -0.352 e. The zero-order chi connectivity index (χ0) is 18.2. The molecule has 2 amide bonds. The predicted octanol–water partition coefficient (Wildman–Crippen LogP) is 4.32. The second-order valence-corrected chi connectivity index (χ2v) is 6.51. The van der Waals surface area contributed by atoms with Crippen LogP contribution in [0.4, 0.5) is 0 Å². The van der Waals surface area contributed by atoms with E-state index in [1.165, 1.54) is 0 Å². The number of carbonyl (C=O) groups excluding carboxylic acids is 2. The molecule has 0 saturated carbocycles. The highest BCUT2D eigenvalue weighted by Gasteiger charge is 2.13. The predicted molar refractivity (Wildman–Crippen MR) is 101 cm³/mol. The van der Waals surface area contributed by atoms with Gasteiger partial charge < -0.3 is 10.6 Å². The van der Waals surface area contributed by atoms with Crippen LogP contribution in [0.15, 0.2) is 48.5 Å². The molecule has 0 saturated heterocycles. The SMILES string of the molecule is CC[C@H](CCNC(=O)c1ccc(Cl)cc1)NC(=O)c1ccc(Cl)cc1. The lowest BCUT2D eigenvalue weighted by Crippen LogP contribution is -2.37. The summed E-state index contributed by atoms with van der Waals surface area (Å²) in [6.45, 7) is 2.47. The highest BCUT2D eigenvalue weighted by Crippen LogP contribution is 2.11. The molecular weight excluding hydrogens is 359 g/mol. The molecule has 6 heteroatoms. The molecule has 2 aromatic rings. The van der Waals surface area contributed by atoms with Gasteiger partial charge in [-0.15, -0.1) is 0 Å². The molecule has 132 valence electrons. The summed E-state index contributed by atoms with van der Waals surface area (Å²) >= 11 is 11.6. The molecule has 4 nitrogen and oxygen atoms in total. The molecule has 0 radical (unpaired) electrons. The first-order valence-corrected chi connectivity index (χ1v) is 8.85. The van der Waals surface area contributed by atoms with E-state index in [9.17, 15) is 9.59 Å². The molecule has 0 heterocycles. The average Bonchev–Trinajstić information content (AvgIpc) is 2.61. The number of nitrogens with one attached hydrogen (secondary N) is 2. The van der Waals surface area contributed by atoms with Gasteiger partial charge in [-0.25, -0.2) is 0 Å². The van der Waals surface area contributed by atoms with Crippen LogP contribution >= 0.6 is 23.2 Å². The molecule has 2 rings (SSSR count). The summed E-state index contributed by atoms with van der Waals surface area (Å²) in [6.07, 6.45) is 1.42. The monoisotopic (exact) mass is 378 g/mol. The highest BCUT2D eigenvalue weighted by molar-refractivity contribution is 6.31. The van der Waals surface area contributed by atoms with Gasteiger partial charge in [0.25, 0.3) is 11.8 Å². The summed E-state index contributed by atoms with van der Waals surface area (Å²) in [4.78, 5) is 24.3. The van der Waals surface area contributed by atoms with Gasteiger partial charge in [-0.3, -0.25) is 9.59 Å². The van der Waals surface area contributed by atoms with Crippen molar-refractivity contribution in [1.82, 2.24) is 10.6 Å². The van der Waals surface area contributed by atoms with Crippen molar-refractivity contribution < 1.29 is 9.59 Å². The second-order valence-electron chi connectivity index (χ2n) is 5.64. The Morgan fingerprint density at radius 3 is 1.84 bits per heavy atom. The molecule has 0 aliphatic carbocycles. The van der Waals surface area contributed by atoms with E-state index in [2.05, 4.69) is 10.6 Å². The largest absolute Gasteiger partial charge is 0.352 e. The van der Waals surface area contributed by atoms with Crippen molar-refractivity contribution in [1.29, 1.82) is 0 Å². The number of hydrogen-bond acceptors (Lipinski definition) is 2. The summed E-state index contributed by atoms with van der Waals surface area (Å²) in [5, 5.41) is 7.01. The maximum Gasteiger partial charge on any atom is 0.251 e. The maximum absolute atomic E-state index is 12.2. The topological polar surface area (TPSA) is 58.2 Å². The standard InChI is InChI=1S/C19H20Cl2N2O2/c1-2-17(23-19(25)14-5-9-16(21)10-6-14)11-12-22-18(24)13-3-7-15(20)8-4-13/h3-10,17H,2,11-12H2,1H3,(H,22,24)(H,23,25)/t17-/m1/s1. The van der Waals surface area contributed by atoms with Crippen molar-refractivity contribution in [2.45, 2.75) is 25.8 Å². The fourth-order valence-corrected chi connectivity index (χ4v) is 2.56. The van der Waals surface area contributed by atoms with E-state index in [1.54, 1.807) is 48.5 Å². The van der Waals surface area contributed by atoms with Gasteiger partial charge in [0, 0.05) is 33.8 Å². The normalized spacial score (nSPS) is 11.6. The van der Waals surface area contributed by atoms with Gasteiger partial charge in [-0.1, -0.05) is 30.1 Å². The Labute approximate surface area is 157 Å². The van der Waals surface area contributed by atoms with Crippen LogP contribution < -0.4 is 10.6 Å². The number of halogens is 2. The maximum atomic E-state index is 12.2. The Balaban J connectivity index is 1.81. The van der Waals surface area contributed by atoms with E-state index >= 15 is 0 Å². The van der Waals surface area contributed by atoms with Gasteiger partial charge in [0.2, 0.25) is 0 Å². The van der Waals surface area contributed by atoms with E-state index in [-0.39, 0.29) is 17.9 Å². The van der Waals surface area contributed by atoms with E-state index in [0.29, 0.717) is 34.1 Å². The molecule has 25 heavy (non-hydrogen) atoms. The quantitative estimate of drug-likeness (QED) is 0.753. The molecule has 2 aromatic carbocycles. The number of carbonyl (C=O) groups is 2. The minimum absolute atomic E-state index is 0.0197. The highest BCUT2D eigenvalue weighted by atomic mass is 35.5. The first kappa shape index (κ1) is 19.3. The number of amides is 2. The van der Waals surface area contributed by atoms with Crippen LogP contribution in [0.25, 0.3) is 0 Å². The van der Waals surface area contributed by atoms with Crippen molar-refractivity contribution in [2.75, 3.05) is 6.54 Å². The molecule has 0 aromatic heterocycles. The Hall–Kier alpha value is -2.04. The van der Waals surface area contributed by atoms with Crippen molar-refractivity contribution >= 4 is 35.0 Å². The van der Waals surface area contributed by atoms with Crippen LogP contribution in [0.2, 0.25) is 10.0 Å². The van der Waals surface area contributed by atoms with Crippen LogP contribution in [0.5, 0.6) is 0 Å². The molecular formula is C19H20Cl2N2O2. The van der Waals surface area contributed by atoms with Crippen molar-refractivity contribution in [2.24, 2.45) is 0 Å². The minimum atomic E-state index is -0.157. The van der Waals surface area contributed by atoms with Crippen molar-refractivity contribution in [3.05, 3.63) is 69.7 Å². The summed E-state index contributed by atoms with van der Waals surface area (Å²) in [5.41, 5.74) is 1.12. The van der Waals surface area contributed by atoms with E-state index in [0.717, 1.165) is 6.42 Å². The summed E-state index contributed by atoms with van der Waals surface area (Å²) in [5.74, 6) is -0.303. The van der Waals surface area contributed by atoms with Crippen molar-refractivity contribution in [3.8, 4) is 0 Å². The third kappa shape index (κ3) is 6.07. The second kappa shape index (κ2) is 9.44. The summed E-state index contributed by atoms with van der Waals surface area (Å²) < 4.78 is 0. The van der Waals surface area contributed by atoms with Gasteiger partial charge >= 0.3 is 0 Å². The zero-order valence-electron chi connectivity index (χ0n) is 13.9. The van der Waals surface area contributed by atoms with Gasteiger partial charge in [0.15, 0.2) is 0 Å². The first-order chi connectivity index (χ1) is 12.0. The molecule has 0 aliphatic rings. The third-order valence-electron chi connectivity index (χ3n) is 3.82. The summed E-state index contributed by atoms with van der Waals surface area (Å²) in [7, 11) is 0. The molecule has 0 spiro atoms. The van der Waals surface area contributed by atoms with Crippen LogP contribution in [0.1, 0.15) is 40.5 Å². The van der Waals surface area contributed by atoms with E-state index in [4.69, 9.17) is 23.2 Å². The third-order valence-corrected chi connectivity index (χ3v) is 4.32. The number of rotatable bonds is 7. The molecule has 2 N–H and O–H groups in total. The lowest BCUT2D eigenvalue weighted by atomic mass is 10.1. The van der Waals surface area contributed by atoms with Crippen LogP contribution in [0, 0.1) is 0 Å². The zero-order valence-corrected chi connectivity index (χ0v) is 15.4. The van der Waals surface area contributed by atoms with E-state index in [1.807, 2.05) is 6.92 Å². The summed E-state index contributed by atoms with van der Waals surface area (Å²) in [6, 6.07) is 13.4. The Morgan fingerprint density at radius 2 is 1.36 bits per heavy atom. The fraction of sp³-hybridized carbons (Fsp3) is 0.263. The Bertz CT molecular complexity index is 715. The average molecular weight is 379 g/mol.